The average molecular weight is 301 g/mol. The minimum atomic E-state index is -1.11. The van der Waals surface area contributed by atoms with Gasteiger partial charge in [-0.2, -0.15) is 0 Å². The van der Waals surface area contributed by atoms with Gasteiger partial charge in [-0.3, -0.25) is 4.79 Å². The number of ether oxygens (including phenoxy) is 1. The van der Waals surface area contributed by atoms with Crippen molar-refractivity contribution in [2.75, 3.05) is 19.0 Å². The first-order valence-electron chi connectivity index (χ1n) is 6.88. The lowest BCUT2D eigenvalue weighted by atomic mass is 9.95. The molecule has 0 aromatic heterocycles. The highest BCUT2D eigenvalue weighted by molar-refractivity contribution is 6.09. The Bertz CT molecular complexity index is 688. The monoisotopic (exact) mass is 301 g/mol. The Morgan fingerprint density at radius 2 is 2.00 bits per heavy atom. The molecule has 1 heterocycles. The molecule has 0 radical (unpaired) electrons. The van der Waals surface area contributed by atoms with Crippen molar-refractivity contribution in [1.82, 2.24) is 0 Å². The molecule has 5 heteroatoms. The summed E-state index contributed by atoms with van der Waals surface area (Å²) in [5, 5.41) is 8.65. The van der Waals surface area contributed by atoms with Crippen molar-refractivity contribution in [3.8, 4) is 5.75 Å². The standard InChI is InChI=1S/C17H19NO4/c1-11(5-8-15(19)20)10-17(2)16(21)13-7-6-12(18(3)4)9-14(13)22-17/h5-10H,1-4H3,(H,19,20). The maximum absolute atomic E-state index is 12.5. The summed E-state index contributed by atoms with van der Waals surface area (Å²) in [6, 6.07) is 5.45. The third-order valence-electron chi connectivity index (χ3n) is 3.49. The van der Waals surface area contributed by atoms with Crippen LogP contribution in [0, 0.1) is 0 Å². The van der Waals surface area contributed by atoms with Crippen LogP contribution in [0.15, 0.2) is 42.0 Å². The number of allylic oxidation sites excluding steroid dienone is 2. The number of carbonyl (C=O) groups is 2. The molecule has 1 unspecified atom stereocenters. The number of carbonyl (C=O) groups excluding carboxylic acids is 1. The van der Waals surface area contributed by atoms with E-state index < -0.39 is 11.6 Å². The molecule has 2 rings (SSSR count). The van der Waals surface area contributed by atoms with Gasteiger partial charge in [-0.1, -0.05) is 11.6 Å². The van der Waals surface area contributed by atoms with Gasteiger partial charge in [0.25, 0.3) is 0 Å². The molecule has 0 bridgehead atoms. The van der Waals surface area contributed by atoms with Gasteiger partial charge in [-0.05, 0) is 32.1 Å². The molecule has 1 aromatic rings. The topological polar surface area (TPSA) is 66.8 Å². The van der Waals surface area contributed by atoms with Crippen LogP contribution in [0.3, 0.4) is 0 Å². The van der Waals surface area contributed by atoms with Gasteiger partial charge in [0.05, 0.1) is 5.56 Å². The Morgan fingerprint density at radius 3 is 2.59 bits per heavy atom. The zero-order chi connectivity index (χ0) is 16.5. The summed E-state index contributed by atoms with van der Waals surface area (Å²) in [5.41, 5.74) is 1.03. The van der Waals surface area contributed by atoms with E-state index in [1.54, 1.807) is 26.0 Å². The van der Waals surface area contributed by atoms with Crippen molar-refractivity contribution >= 4 is 17.4 Å². The van der Waals surface area contributed by atoms with Crippen molar-refractivity contribution in [2.24, 2.45) is 0 Å². The number of rotatable bonds is 4. The van der Waals surface area contributed by atoms with Crippen LogP contribution in [0.25, 0.3) is 0 Å². The summed E-state index contributed by atoms with van der Waals surface area (Å²) in [7, 11) is 3.83. The first-order valence-corrected chi connectivity index (χ1v) is 6.88. The number of carboxylic acid groups (broad SMARTS) is 1. The molecule has 1 aliphatic rings. The fraction of sp³-hybridized carbons (Fsp3) is 0.294. The third kappa shape index (κ3) is 3.03. The molecule has 0 saturated heterocycles. The minimum Gasteiger partial charge on any atom is -0.478 e. The van der Waals surface area contributed by atoms with Crippen LogP contribution in [-0.2, 0) is 4.79 Å². The van der Waals surface area contributed by atoms with E-state index in [0.29, 0.717) is 16.9 Å². The van der Waals surface area contributed by atoms with Crippen LogP contribution in [0.5, 0.6) is 5.75 Å². The van der Waals surface area contributed by atoms with Crippen LogP contribution in [0.4, 0.5) is 5.69 Å². The van der Waals surface area contributed by atoms with E-state index in [0.717, 1.165) is 11.8 Å². The van der Waals surface area contributed by atoms with Gasteiger partial charge in [-0.25, -0.2) is 4.79 Å². The van der Waals surface area contributed by atoms with E-state index in [-0.39, 0.29) is 5.78 Å². The largest absolute Gasteiger partial charge is 0.478 e. The van der Waals surface area contributed by atoms with Crippen LogP contribution in [-0.4, -0.2) is 36.6 Å². The molecule has 0 aliphatic carbocycles. The number of ketones is 1. The molecular formula is C17H19NO4. The molecule has 1 aromatic carbocycles. The summed E-state index contributed by atoms with van der Waals surface area (Å²) in [6.07, 6.45) is 4.12. The van der Waals surface area contributed by atoms with Crippen molar-refractivity contribution in [2.45, 2.75) is 19.4 Å². The highest BCUT2D eigenvalue weighted by atomic mass is 16.5. The fourth-order valence-corrected chi connectivity index (χ4v) is 2.38. The normalized spacial score (nSPS) is 20.9. The van der Waals surface area contributed by atoms with Gasteiger partial charge in [0.1, 0.15) is 5.75 Å². The number of fused-ring (bicyclic) bond motifs is 1. The highest BCUT2D eigenvalue weighted by Gasteiger charge is 2.42. The predicted octanol–water partition coefficient (Wildman–Crippen LogP) is 2.67. The smallest absolute Gasteiger partial charge is 0.328 e. The Balaban J connectivity index is 2.33. The Morgan fingerprint density at radius 1 is 1.32 bits per heavy atom. The van der Waals surface area contributed by atoms with E-state index >= 15 is 0 Å². The van der Waals surface area contributed by atoms with E-state index in [2.05, 4.69) is 0 Å². The first kappa shape index (κ1) is 15.8. The number of hydrogen-bond acceptors (Lipinski definition) is 4. The highest BCUT2D eigenvalue weighted by Crippen LogP contribution is 2.38. The molecule has 5 nitrogen and oxygen atoms in total. The van der Waals surface area contributed by atoms with Crippen LogP contribution >= 0.6 is 0 Å². The summed E-state index contributed by atoms with van der Waals surface area (Å²) >= 11 is 0. The zero-order valence-corrected chi connectivity index (χ0v) is 13.1. The summed E-state index contributed by atoms with van der Waals surface area (Å²) < 4.78 is 5.84. The summed E-state index contributed by atoms with van der Waals surface area (Å²) in [6.45, 7) is 3.42. The van der Waals surface area contributed by atoms with Gasteiger partial charge < -0.3 is 14.7 Å². The minimum absolute atomic E-state index is 0.129. The molecule has 0 amide bonds. The zero-order valence-electron chi connectivity index (χ0n) is 13.1. The Kier molecular flexibility index (Phi) is 4.08. The molecule has 0 fully saturated rings. The van der Waals surface area contributed by atoms with E-state index in [9.17, 15) is 9.59 Å². The number of Topliss-reactive ketones (excluding diaryl/α,β-unsaturated/α-hetero) is 1. The Hall–Kier alpha value is -2.56. The first-order chi connectivity index (χ1) is 10.2. The number of benzene rings is 1. The van der Waals surface area contributed by atoms with E-state index in [4.69, 9.17) is 9.84 Å². The maximum Gasteiger partial charge on any atom is 0.328 e. The fourth-order valence-electron chi connectivity index (χ4n) is 2.38. The maximum atomic E-state index is 12.5. The van der Waals surface area contributed by atoms with Crippen molar-refractivity contribution in [3.63, 3.8) is 0 Å². The van der Waals surface area contributed by atoms with Crippen molar-refractivity contribution in [3.05, 3.63) is 47.6 Å². The lowest BCUT2D eigenvalue weighted by Crippen LogP contribution is -2.34. The second-order valence-corrected chi connectivity index (χ2v) is 5.67. The van der Waals surface area contributed by atoms with Gasteiger partial charge in [0.15, 0.2) is 5.60 Å². The number of carboxylic acids is 1. The van der Waals surface area contributed by atoms with Gasteiger partial charge in [0, 0.05) is 31.9 Å². The molecule has 1 aliphatic heterocycles. The van der Waals surface area contributed by atoms with Crippen LogP contribution in [0.1, 0.15) is 24.2 Å². The second-order valence-electron chi connectivity index (χ2n) is 5.67. The number of anilines is 1. The number of nitrogens with zero attached hydrogens (tertiary/aromatic N) is 1. The number of aliphatic carboxylic acids is 1. The van der Waals surface area contributed by atoms with Gasteiger partial charge in [-0.15, -0.1) is 0 Å². The van der Waals surface area contributed by atoms with Crippen LogP contribution < -0.4 is 9.64 Å². The molecule has 0 saturated carbocycles. The van der Waals surface area contributed by atoms with Gasteiger partial charge >= 0.3 is 5.97 Å². The average Bonchev–Trinajstić information content (AvgIpc) is 2.67. The summed E-state index contributed by atoms with van der Waals surface area (Å²) in [5.74, 6) is -0.615. The SMILES string of the molecule is CC(C=CC(=O)O)=CC1(C)Oc2cc(N(C)C)ccc2C1=O. The third-order valence-corrected chi connectivity index (χ3v) is 3.49. The predicted molar refractivity (Wildman–Crippen MR) is 84.7 cm³/mol. The van der Waals surface area contributed by atoms with Crippen LogP contribution in [0.2, 0.25) is 0 Å². The quantitative estimate of drug-likeness (QED) is 0.684. The molecule has 116 valence electrons. The van der Waals surface area contributed by atoms with Crippen molar-refractivity contribution in [1.29, 1.82) is 0 Å². The molecule has 0 spiro atoms. The molecular weight excluding hydrogens is 282 g/mol. The molecule has 22 heavy (non-hydrogen) atoms. The second kappa shape index (κ2) is 5.67. The lowest BCUT2D eigenvalue weighted by molar-refractivity contribution is -0.131. The van der Waals surface area contributed by atoms with Gasteiger partial charge in [0.2, 0.25) is 5.78 Å². The lowest BCUT2D eigenvalue weighted by Gasteiger charge is -2.19. The Labute approximate surface area is 129 Å². The number of hydrogen-bond donors (Lipinski definition) is 1. The molecule has 1 N–H and O–H groups in total. The van der Waals surface area contributed by atoms with E-state index in [1.807, 2.05) is 31.1 Å². The summed E-state index contributed by atoms with van der Waals surface area (Å²) in [4.78, 5) is 25.0. The van der Waals surface area contributed by atoms with Crippen molar-refractivity contribution < 1.29 is 19.4 Å². The van der Waals surface area contributed by atoms with E-state index in [1.165, 1.54) is 6.08 Å². The molecule has 1 atom stereocenters.